The summed E-state index contributed by atoms with van der Waals surface area (Å²) in [5.41, 5.74) is 2.06. The van der Waals surface area contributed by atoms with Crippen LogP contribution in [0.1, 0.15) is 51.9 Å². The lowest BCUT2D eigenvalue weighted by atomic mass is 9.88. The molecule has 0 atom stereocenters. The van der Waals surface area contributed by atoms with Gasteiger partial charge in [-0.2, -0.15) is 5.10 Å². The van der Waals surface area contributed by atoms with Crippen molar-refractivity contribution in [2.45, 2.75) is 53.4 Å². The second-order valence-electron chi connectivity index (χ2n) is 5.71. The predicted molar refractivity (Wildman–Crippen MR) is 77.7 cm³/mol. The van der Waals surface area contributed by atoms with Gasteiger partial charge in [-0.1, -0.05) is 27.7 Å². The molecule has 1 aromatic rings. The van der Waals surface area contributed by atoms with Gasteiger partial charge in [-0.05, 0) is 35.2 Å². The van der Waals surface area contributed by atoms with Crippen LogP contribution in [-0.4, -0.2) is 15.6 Å². The van der Waals surface area contributed by atoms with Crippen molar-refractivity contribution in [3.05, 3.63) is 15.9 Å². The van der Waals surface area contributed by atoms with Crippen molar-refractivity contribution < 1.29 is 4.79 Å². The molecular weight excluding hydrogens is 292 g/mol. The molecule has 0 aliphatic rings. The van der Waals surface area contributed by atoms with E-state index >= 15 is 0 Å². The third-order valence-corrected chi connectivity index (χ3v) is 4.07. The Labute approximate surface area is 118 Å². The van der Waals surface area contributed by atoms with Crippen LogP contribution >= 0.6 is 15.9 Å². The highest BCUT2D eigenvalue weighted by molar-refractivity contribution is 9.10. The van der Waals surface area contributed by atoms with Crippen LogP contribution < -0.4 is 0 Å². The largest absolute Gasteiger partial charge is 0.299 e. The van der Waals surface area contributed by atoms with Crippen molar-refractivity contribution in [2.75, 3.05) is 0 Å². The molecule has 18 heavy (non-hydrogen) atoms. The van der Waals surface area contributed by atoms with E-state index in [1.807, 2.05) is 32.5 Å². The Morgan fingerprint density at radius 3 is 2.44 bits per heavy atom. The van der Waals surface area contributed by atoms with Gasteiger partial charge >= 0.3 is 0 Å². The minimum Gasteiger partial charge on any atom is -0.299 e. The number of nitrogens with zero attached hydrogens (tertiary/aromatic N) is 2. The number of carbonyl (C=O) groups is 1. The predicted octanol–water partition coefficient (Wildman–Crippen LogP) is 3.68. The normalized spacial score (nSPS) is 11.9. The van der Waals surface area contributed by atoms with Crippen LogP contribution in [0.15, 0.2) is 4.47 Å². The van der Waals surface area contributed by atoms with E-state index in [4.69, 9.17) is 0 Å². The van der Waals surface area contributed by atoms with E-state index in [2.05, 4.69) is 28.0 Å². The van der Waals surface area contributed by atoms with Gasteiger partial charge in [0.1, 0.15) is 5.78 Å². The third kappa shape index (κ3) is 3.67. The number of aromatic nitrogens is 2. The summed E-state index contributed by atoms with van der Waals surface area (Å²) in [5.74, 6) is 0.330. The van der Waals surface area contributed by atoms with E-state index in [1.165, 1.54) is 5.69 Å². The van der Waals surface area contributed by atoms with E-state index < -0.39 is 0 Å². The van der Waals surface area contributed by atoms with E-state index in [1.54, 1.807) is 0 Å². The number of ketones is 1. The van der Waals surface area contributed by atoms with Gasteiger partial charge in [0.15, 0.2) is 0 Å². The average Bonchev–Trinajstić information content (AvgIpc) is 2.54. The highest BCUT2D eigenvalue weighted by Crippen LogP contribution is 2.24. The van der Waals surface area contributed by atoms with E-state index in [9.17, 15) is 4.79 Å². The average molecular weight is 315 g/mol. The topological polar surface area (TPSA) is 34.9 Å². The first kappa shape index (κ1) is 15.4. The maximum Gasteiger partial charge on any atom is 0.138 e. The lowest BCUT2D eigenvalue weighted by Crippen LogP contribution is -2.19. The number of aryl methyl sites for hydroxylation is 2. The van der Waals surface area contributed by atoms with Gasteiger partial charge in [-0.15, -0.1) is 0 Å². The van der Waals surface area contributed by atoms with Gasteiger partial charge < -0.3 is 0 Å². The molecule has 0 radical (unpaired) electrons. The molecule has 102 valence electrons. The van der Waals surface area contributed by atoms with E-state index in [0.29, 0.717) is 12.2 Å². The number of carbonyl (C=O) groups excluding carboxylic acids is 1. The number of hydrogen-bond donors (Lipinski definition) is 0. The van der Waals surface area contributed by atoms with Gasteiger partial charge in [-0.3, -0.25) is 9.48 Å². The number of hydrogen-bond acceptors (Lipinski definition) is 2. The van der Waals surface area contributed by atoms with Crippen molar-refractivity contribution >= 4 is 21.7 Å². The summed E-state index contributed by atoms with van der Waals surface area (Å²) in [4.78, 5) is 11.9. The summed E-state index contributed by atoms with van der Waals surface area (Å²) in [6.45, 7) is 8.03. The Kier molecular flexibility index (Phi) is 5.14. The molecular formula is C14H23BrN2O. The maximum absolute atomic E-state index is 11.9. The zero-order valence-corrected chi connectivity index (χ0v) is 13.6. The van der Waals surface area contributed by atoms with Crippen LogP contribution in [0.4, 0.5) is 0 Å². The summed E-state index contributed by atoms with van der Waals surface area (Å²) in [7, 11) is 1.96. The second kappa shape index (κ2) is 6.00. The van der Waals surface area contributed by atoms with Crippen LogP contribution in [0.25, 0.3) is 0 Å². The molecule has 1 rings (SSSR count). The molecule has 0 aliphatic heterocycles. The van der Waals surface area contributed by atoms with E-state index in [-0.39, 0.29) is 5.41 Å². The maximum atomic E-state index is 11.9. The van der Waals surface area contributed by atoms with Gasteiger partial charge in [0.05, 0.1) is 15.9 Å². The fourth-order valence-electron chi connectivity index (χ4n) is 1.88. The van der Waals surface area contributed by atoms with Gasteiger partial charge in [0, 0.05) is 18.9 Å². The molecule has 0 spiro atoms. The third-order valence-electron chi connectivity index (χ3n) is 3.16. The van der Waals surface area contributed by atoms with Crippen molar-refractivity contribution in [3.63, 3.8) is 0 Å². The zero-order valence-electron chi connectivity index (χ0n) is 12.0. The first-order valence-electron chi connectivity index (χ1n) is 6.51. The quantitative estimate of drug-likeness (QED) is 0.831. The lowest BCUT2D eigenvalue weighted by Gasteiger charge is -2.16. The molecule has 1 heterocycles. The van der Waals surface area contributed by atoms with Crippen LogP contribution in [0.3, 0.4) is 0 Å². The molecule has 1 aromatic heterocycles. The molecule has 4 heteroatoms. The smallest absolute Gasteiger partial charge is 0.138 e. The summed E-state index contributed by atoms with van der Waals surface area (Å²) < 4.78 is 3.03. The molecule has 0 amide bonds. The molecule has 0 saturated carbocycles. The summed E-state index contributed by atoms with van der Waals surface area (Å²) in [6.07, 6.45) is 3.35. The molecule has 0 unspecified atom stereocenters. The molecule has 0 N–H and O–H groups in total. The molecule has 0 fully saturated rings. The first-order chi connectivity index (χ1) is 8.27. The minimum atomic E-state index is -0.224. The Morgan fingerprint density at radius 1 is 1.39 bits per heavy atom. The second-order valence-corrected chi connectivity index (χ2v) is 6.50. The molecule has 0 aromatic carbocycles. The fraction of sp³-hybridized carbons (Fsp3) is 0.714. The monoisotopic (exact) mass is 314 g/mol. The van der Waals surface area contributed by atoms with Crippen LogP contribution in [0.2, 0.25) is 0 Å². The molecule has 3 nitrogen and oxygen atoms in total. The van der Waals surface area contributed by atoms with Crippen molar-refractivity contribution in [2.24, 2.45) is 12.5 Å². The van der Waals surface area contributed by atoms with Crippen molar-refractivity contribution in [1.29, 1.82) is 0 Å². The highest BCUT2D eigenvalue weighted by atomic mass is 79.9. The Morgan fingerprint density at radius 2 is 2.00 bits per heavy atom. The van der Waals surface area contributed by atoms with Gasteiger partial charge in [0.25, 0.3) is 0 Å². The van der Waals surface area contributed by atoms with Crippen molar-refractivity contribution in [3.8, 4) is 0 Å². The summed E-state index contributed by atoms with van der Waals surface area (Å²) in [5, 5.41) is 4.46. The Bertz CT molecular complexity index is 430. The zero-order chi connectivity index (χ0) is 13.9. The fourth-order valence-corrected chi connectivity index (χ4v) is 2.70. The molecule has 0 bridgehead atoms. The van der Waals surface area contributed by atoms with Crippen LogP contribution in [-0.2, 0) is 24.7 Å². The van der Waals surface area contributed by atoms with Crippen LogP contribution in [0.5, 0.6) is 0 Å². The van der Waals surface area contributed by atoms with Crippen molar-refractivity contribution in [1.82, 2.24) is 9.78 Å². The Balaban J connectivity index is 2.60. The number of rotatable bonds is 5. The lowest BCUT2D eigenvalue weighted by molar-refractivity contribution is -0.126. The SMILES string of the molecule is CCc1nn(C)c(CCCC(=O)C(C)(C)C)c1Br. The summed E-state index contributed by atoms with van der Waals surface area (Å²) in [6, 6.07) is 0. The number of Topliss-reactive ketones (excluding diaryl/α,β-unsaturated/α-hetero) is 1. The van der Waals surface area contributed by atoms with E-state index in [0.717, 1.165) is 29.4 Å². The molecule has 0 aliphatic carbocycles. The summed E-state index contributed by atoms with van der Waals surface area (Å²) >= 11 is 3.60. The molecule has 0 saturated heterocycles. The standard InChI is InChI=1S/C14H23BrN2O/c1-6-10-13(15)11(17(5)16-10)8-7-9-12(18)14(2,3)4/h6-9H2,1-5H3. The van der Waals surface area contributed by atoms with Gasteiger partial charge in [-0.25, -0.2) is 0 Å². The van der Waals surface area contributed by atoms with Crippen LogP contribution in [0, 0.1) is 5.41 Å². The van der Waals surface area contributed by atoms with Gasteiger partial charge in [0.2, 0.25) is 0 Å². The number of halogens is 1. The highest BCUT2D eigenvalue weighted by Gasteiger charge is 2.21. The minimum absolute atomic E-state index is 0.224. The Hall–Kier alpha value is -0.640. The first-order valence-corrected chi connectivity index (χ1v) is 7.30.